The largest absolute Gasteiger partial charge is 0.370 e. The number of nitrogens with one attached hydrogen (secondary N) is 2. The summed E-state index contributed by atoms with van der Waals surface area (Å²) < 4.78 is 0. The molecule has 0 heterocycles. The molecule has 0 atom stereocenters. The maximum atomic E-state index is 11.0. The minimum Gasteiger partial charge on any atom is -0.370 e. The number of carbonyl (C=O) groups excluding carboxylic acids is 3. The van der Waals surface area contributed by atoms with Crippen molar-refractivity contribution < 1.29 is 14.4 Å². The topological polar surface area (TPSA) is 125 Å². The number of rotatable bonds is 6. The number of nitriles is 1. The van der Waals surface area contributed by atoms with E-state index in [-0.39, 0.29) is 13.0 Å². The fourth-order valence-corrected chi connectivity index (χ4v) is 0.907. The van der Waals surface area contributed by atoms with E-state index >= 15 is 0 Å². The predicted molar refractivity (Wildman–Crippen MR) is 54.7 cm³/mol. The first-order chi connectivity index (χ1) is 7.57. The molecular weight excluding hydrogens is 212 g/mol. The molecular formula is C9H14N4O3. The lowest BCUT2D eigenvalue weighted by atomic mass is 10.2. The number of hydrogen-bond acceptors (Lipinski definition) is 4. The zero-order valence-corrected chi connectivity index (χ0v) is 8.78. The van der Waals surface area contributed by atoms with E-state index in [4.69, 9.17) is 11.0 Å². The Kier molecular flexibility index (Phi) is 7.15. The van der Waals surface area contributed by atoms with Crippen LogP contribution in [0.5, 0.6) is 0 Å². The fraction of sp³-hybridized carbons (Fsp3) is 0.556. The lowest BCUT2D eigenvalue weighted by molar-refractivity contribution is -0.139. The van der Waals surface area contributed by atoms with Gasteiger partial charge in [0, 0.05) is 13.0 Å². The van der Waals surface area contributed by atoms with Crippen molar-refractivity contribution in [2.75, 3.05) is 13.1 Å². The molecule has 3 amide bonds. The van der Waals surface area contributed by atoms with Crippen molar-refractivity contribution in [1.82, 2.24) is 10.6 Å². The van der Waals surface area contributed by atoms with E-state index in [9.17, 15) is 14.4 Å². The Morgan fingerprint density at radius 1 is 1.12 bits per heavy atom. The van der Waals surface area contributed by atoms with Crippen molar-refractivity contribution in [3.8, 4) is 6.07 Å². The summed E-state index contributed by atoms with van der Waals surface area (Å²) in [5, 5.41) is 12.6. The van der Waals surface area contributed by atoms with Crippen LogP contribution in [0.3, 0.4) is 0 Å². The van der Waals surface area contributed by atoms with E-state index in [1.807, 2.05) is 0 Å². The summed E-state index contributed by atoms with van der Waals surface area (Å²) in [6.45, 7) is 0.0972. The number of amides is 3. The molecule has 0 rings (SSSR count). The quantitative estimate of drug-likeness (QED) is 0.286. The molecule has 0 bridgehead atoms. The molecule has 0 aromatic heterocycles. The molecule has 4 N–H and O–H groups in total. The van der Waals surface area contributed by atoms with Crippen molar-refractivity contribution >= 4 is 17.7 Å². The Morgan fingerprint density at radius 2 is 1.75 bits per heavy atom. The number of nitrogens with two attached hydrogens (primary N) is 1. The fourth-order valence-electron chi connectivity index (χ4n) is 0.907. The number of carbonyl (C=O) groups is 3. The molecule has 0 aromatic rings. The monoisotopic (exact) mass is 226 g/mol. The summed E-state index contributed by atoms with van der Waals surface area (Å²) in [5.41, 5.74) is 4.92. The predicted octanol–water partition coefficient (Wildman–Crippen LogP) is -1.60. The van der Waals surface area contributed by atoms with Crippen LogP contribution in [0.1, 0.15) is 19.3 Å². The van der Waals surface area contributed by atoms with Crippen molar-refractivity contribution in [3.63, 3.8) is 0 Å². The van der Waals surface area contributed by atoms with Gasteiger partial charge >= 0.3 is 11.8 Å². The normalized spacial score (nSPS) is 8.94. The Balaban J connectivity index is 3.54. The molecule has 0 unspecified atom stereocenters. The van der Waals surface area contributed by atoms with Gasteiger partial charge in [-0.2, -0.15) is 5.26 Å². The Bertz CT molecular complexity index is 308. The van der Waals surface area contributed by atoms with Gasteiger partial charge in [0.25, 0.3) is 0 Å². The van der Waals surface area contributed by atoms with Gasteiger partial charge < -0.3 is 16.4 Å². The molecule has 7 nitrogen and oxygen atoms in total. The van der Waals surface area contributed by atoms with Gasteiger partial charge in [0.05, 0.1) is 6.07 Å². The van der Waals surface area contributed by atoms with Gasteiger partial charge in [-0.1, -0.05) is 0 Å². The van der Waals surface area contributed by atoms with Crippen LogP contribution < -0.4 is 16.4 Å². The van der Waals surface area contributed by atoms with Crippen LogP contribution in [0.4, 0.5) is 0 Å². The number of nitrogens with zero attached hydrogens (tertiary/aromatic N) is 1. The van der Waals surface area contributed by atoms with Gasteiger partial charge in [0.2, 0.25) is 5.91 Å². The third-order valence-electron chi connectivity index (χ3n) is 1.67. The third-order valence-corrected chi connectivity index (χ3v) is 1.67. The van der Waals surface area contributed by atoms with Gasteiger partial charge in [-0.25, -0.2) is 0 Å². The molecule has 7 heteroatoms. The molecule has 0 fully saturated rings. The number of unbranched alkanes of at least 4 members (excludes halogenated alkanes) is 1. The van der Waals surface area contributed by atoms with Crippen LogP contribution in [0.25, 0.3) is 0 Å². The van der Waals surface area contributed by atoms with Crippen LogP contribution >= 0.6 is 0 Å². The van der Waals surface area contributed by atoms with Crippen molar-refractivity contribution in [1.29, 1.82) is 5.26 Å². The minimum absolute atomic E-state index is 0.200. The number of primary amides is 1. The molecule has 0 aliphatic heterocycles. The lowest BCUT2D eigenvalue weighted by Gasteiger charge is -2.03. The molecule has 0 aromatic carbocycles. The third kappa shape index (κ3) is 7.32. The van der Waals surface area contributed by atoms with Crippen LogP contribution in [0.2, 0.25) is 0 Å². The average molecular weight is 226 g/mol. The molecule has 0 aliphatic carbocycles. The second kappa shape index (κ2) is 8.23. The second-order valence-corrected chi connectivity index (χ2v) is 3.02. The van der Waals surface area contributed by atoms with Crippen LogP contribution in [-0.2, 0) is 14.4 Å². The van der Waals surface area contributed by atoms with Crippen LogP contribution in [-0.4, -0.2) is 30.8 Å². The zero-order valence-electron chi connectivity index (χ0n) is 8.78. The van der Waals surface area contributed by atoms with E-state index in [1.165, 1.54) is 0 Å². The molecule has 0 radical (unpaired) electrons. The molecule has 0 spiro atoms. The Labute approximate surface area is 93.0 Å². The summed E-state index contributed by atoms with van der Waals surface area (Å²) in [7, 11) is 0. The highest BCUT2D eigenvalue weighted by molar-refractivity contribution is 6.35. The maximum absolute atomic E-state index is 11.0. The van der Waals surface area contributed by atoms with E-state index in [0.717, 1.165) is 0 Å². The van der Waals surface area contributed by atoms with Gasteiger partial charge in [-0.15, -0.1) is 0 Å². The van der Waals surface area contributed by atoms with Crippen LogP contribution in [0, 0.1) is 11.3 Å². The minimum atomic E-state index is -0.837. The maximum Gasteiger partial charge on any atom is 0.310 e. The molecule has 0 aliphatic rings. The van der Waals surface area contributed by atoms with E-state index < -0.39 is 17.7 Å². The summed E-state index contributed by atoms with van der Waals surface area (Å²) in [6, 6.07) is 1.68. The molecule has 0 saturated carbocycles. The van der Waals surface area contributed by atoms with Gasteiger partial charge in [0.1, 0.15) is 6.54 Å². The van der Waals surface area contributed by atoms with Crippen molar-refractivity contribution in [2.45, 2.75) is 19.3 Å². The van der Waals surface area contributed by atoms with E-state index in [2.05, 4.69) is 10.6 Å². The first-order valence-electron chi connectivity index (χ1n) is 4.79. The summed E-state index contributed by atoms with van der Waals surface area (Å²) in [4.78, 5) is 32.3. The highest BCUT2D eigenvalue weighted by atomic mass is 16.2. The standard InChI is InChI=1S/C9H14N4O3/c10-4-6-13-9(16)8(15)12-5-2-1-3-7(11)14/h1-3,5-6H2,(H2,11,14)(H,12,15)(H,13,16). The molecule has 0 saturated heterocycles. The van der Waals surface area contributed by atoms with E-state index in [0.29, 0.717) is 19.4 Å². The Hall–Kier alpha value is -2.10. The summed E-state index contributed by atoms with van der Waals surface area (Å²) in [5.74, 6) is -2.01. The highest BCUT2D eigenvalue weighted by Crippen LogP contribution is 1.91. The number of hydrogen-bond donors (Lipinski definition) is 3. The van der Waals surface area contributed by atoms with Gasteiger partial charge in [-0.05, 0) is 12.8 Å². The van der Waals surface area contributed by atoms with E-state index in [1.54, 1.807) is 6.07 Å². The average Bonchev–Trinajstić information content (AvgIpc) is 2.24. The highest BCUT2D eigenvalue weighted by Gasteiger charge is 2.11. The zero-order chi connectivity index (χ0) is 12.4. The SMILES string of the molecule is N#CCNC(=O)C(=O)NCCCCC(N)=O. The smallest absolute Gasteiger partial charge is 0.310 e. The second-order valence-electron chi connectivity index (χ2n) is 3.02. The lowest BCUT2D eigenvalue weighted by Crippen LogP contribution is -2.40. The summed E-state index contributed by atoms with van der Waals surface area (Å²) >= 11 is 0. The van der Waals surface area contributed by atoms with Crippen LogP contribution in [0.15, 0.2) is 0 Å². The van der Waals surface area contributed by atoms with Gasteiger partial charge in [0.15, 0.2) is 0 Å². The van der Waals surface area contributed by atoms with Gasteiger partial charge in [-0.3, -0.25) is 14.4 Å². The summed E-state index contributed by atoms with van der Waals surface area (Å²) in [6.07, 6.45) is 1.39. The van der Waals surface area contributed by atoms with Crippen molar-refractivity contribution in [2.24, 2.45) is 5.73 Å². The Morgan fingerprint density at radius 3 is 2.31 bits per heavy atom. The first kappa shape index (κ1) is 13.9. The van der Waals surface area contributed by atoms with Crippen molar-refractivity contribution in [3.05, 3.63) is 0 Å². The molecule has 16 heavy (non-hydrogen) atoms. The molecule has 88 valence electrons. The first-order valence-corrected chi connectivity index (χ1v) is 4.79.